The standard InChI is InChI=1S/C30H31N5O3/c1-20-11-16-34-26(19-31-28(34)17-20)23(22-7-3-6-10-27(22)38-2)18-29(36)33-14-12-21(13-15-33)35-25-9-5-4-8-24(25)32-30(35)37/h3-11,16-17,19,21,23H,12-15,18H2,1-2H3,(H,32,37). The zero-order valence-electron chi connectivity index (χ0n) is 21.6. The Bertz CT molecular complexity index is 1670. The molecule has 5 aromatic rings. The predicted octanol–water partition coefficient (Wildman–Crippen LogP) is 4.68. The lowest BCUT2D eigenvalue weighted by Gasteiger charge is -2.33. The van der Waals surface area contributed by atoms with Crippen LogP contribution in [0.3, 0.4) is 0 Å². The van der Waals surface area contributed by atoms with Crippen molar-refractivity contribution < 1.29 is 9.53 Å². The fourth-order valence-corrected chi connectivity index (χ4v) is 5.80. The van der Waals surface area contributed by atoms with E-state index in [-0.39, 0.29) is 23.6 Å². The van der Waals surface area contributed by atoms with Crippen LogP contribution in [0.25, 0.3) is 16.7 Å². The van der Waals surface area contributed by atoms with Crippen LogP contribution in [0, 0.1) is 6.92 Å². The molecule has 3 aromatic heterocycles. The van der Waals surface area contributed by atoms with E-state index < -0.39 is 0 Å². The minimum absolute atomic E-state index is 0.0646. The third-order valence-corrected chi connectivity index (χ3v) is 7.75. The van der Waals surface area contributed by atoms with Gasteiger partial charge in [-0.25, -0.2) is 9.78 Å². The van der Waals surface area contributed by atoms with Crippen LogP contribution in [-0.2, 0) is 4.79 Å². The van der Waals surface area contributed by atoms with Crippen LogP contribution >= 0.6 is 0 Å². The molecule has 0 spiro atoms. The first kappa shape index (κ1) is 24.0. The summed E-state index contributed by atoms with van der Waals surface area (Å²) in [5.74, 6) is 0.628. The normalized spacial score (nSPS) is 15.3. The van der Waals surface area contributed by atoms with Crippen molar-refractivity contribution in [2.45, 2.75) is 38.1 Å². The summed E-state index contributed by atoms with van der Waals surface area (Å²) >= 11 is 0. The number of fused-ring (bicyclic) bond motifs is 2. The molecule has 1 saturated heterocycles. The Morgan fingerprint density at radius 3 is 2.68 bits per heavy atom. The molecule has 4 heterocycles. The zero-order valence-corrected chi connectivity index (χ0v) is 21.6. The lowest BCUT2D eigenvalue weighted by atomic mass is 9.90. The molecule has 0 aliphatic carbocycles. The van der Waals surface area contributed by atoms with Crippen LogP contribution in [0.1, 0.15) is 48.0 Å². The molecule has 0 radical (unpaired) electrons. The Labute approximate surface area is 220 Å². The van der Waals surface area contributed by atoms with Crippen molar-refractivity contribution in [2.24, 2.45) is 0 Å². The molecule has 1 atom stereocenters. The van der Waals surface area contributed by atoms with Crippen LogP contribution < -0.4 is 10.4 Å². The second kappa shape index (κ2) is 9.85. The average molecular weight is 510 g/mol. The summed E-state index contributed by atoms with van der Waals surface area (Å²) in [5, 5.41) is 0. The van der Waals surface area contributed by atoms with Crippen molar-refractivity contribution in [1.82, 2.24) is 23.8 Å². The topological polar surface area (TPSA) is 84.6 Å². The molecule has 0 bridgehead atoms. The number of rotatable bonds is 6. The maximum absolute atomic E-state index is 13.7. The molecule has 0 saturated carbocycles. The summed E-state index contributed by atoms with van der Waals surface area (Å²) in [6, 6.07) is 19.8. The van der Waals surface area contributed by atoms with Crippen molar-refractivity contribution >= 4 is 22.6 Å². The van der Waals surface area contributed by atoms with Gasteiger partial charge in [0.05, 0.1) is 23.8 Å². The fourth-order valence-electron chi connectivity index (χ4n) is 5.80. The number of aromatic amines is 1. The van der Waals surface area contributed by atoms with Gasteiger partial charge in [-0.05, 0) is 55.7 Å². The number of imidazole rings is 2. The zero-order chi connectivity index (χ0) is 26.2. The highest BCUT2D eigenvalue weighted by Gasteiger charge is 2.30. The molecular formula is C30H31N5O3. The third kappa shape index (κ3) is 4.26. The lowest BCUT2D eigenvalue weighted by molar-refractivity contribution is -0.132. The molecule has 1 fully saturated rings. The highest BCUT2D eigenvalue weighted by Crippen LogP contribution is 2.36. The number of piperidine rings is 1. The molecule has 1 N–H and O–H groups in total. The van der Waals surface area contributed by atoms with E-state index in [9.17, 15) is 9.59 Å². The summed E-state index contributed by atoms with van der Waals surface area (Å²) in [5.41, 5.74) is 5.59. The Morgan fingerprint density at radius 2 is 1.87 bits per heavy atom. The molecule has 38 heavy (non-hydrogen) atoms. The molecule has 8 heteroatoms. The minimum Gasteiger partial charge on any atom is -0.496 e. The number of amides is 1. The van der Waals surface area contributed by atoms with Gasteiger partial charge in [-0.2, -0.15) is 0 Å². The number of benzene rings is 2. The van der Waals surface area contributed by atoms with Crippen LogP contribution in [0.4, 0.5) is 0 Å². The number of nitrogens with zero attached hydrogens (tertiary/aromatic N) is 4. The monoisotopic (exact) mass is 509 g/mol. The molecule has 2 aromatic carbocycles. The number of hydrogen-bond acceptors (Lipinski definition) is 4. The number of ether oxygens (including phenoxy) is 1. The maximum atomic E-state index is 13.7. The van der Waals surface area contributed by atoms with E-state index in [4.69, 9.17) is 4.74 Å². The lowest BCUT2D eigenvalue weighted by Crippen LogP contribution is -2.41. The molecule has 1 unspecified atom stereocenters. The van der Waals surface area contributed by atoms with Crippen LogP contribution in [0.2, 0.25) is 0 Å². The SMILES string of the molecule is COc1ccccc1C(CC(=O)N1CCC(n2c(=O)[nH]c3ccccc32)CC1)c1cnc2cc(C)ccn12. The van der Waals surface area contributed by atoms with E-state index in [1.807, 2.05) is 83.4 Å². The van der Waals surface area contributed by atoms with Crippen molar-refractivity contribution in [1.29, 1.82) is 0 Å². The van der Waals surface area contributed by atoms with Gasteiger partial charge < -0.3 is 19.0 Å². The summed E-state index contributed by atoms with van der Waals surface area (Å²) in [6.45, 7) is 3.27. The van der Waals surface area contributed by atoms with E-state index in [0.29, 0.717) is 19.5 Å². The van der Waals surface area contributed by atoms with Gasteiger partial charge in [-0.3, -0.25) is 9.36 Å². The number of aryl methyl sites for hydroxylation is 1. The molecule has 6 rings (SSSR count). The highest BCUT2D eigenvalue weighted by atomic mass is 16.5. The first-order valence-corrected chi connectivity index (χ1v) is 13.1. The Morgan fingerprint density at radius 1 is 1.11 bits per heavy atom. The highest BCUT2D eigenvalue weighted by molar-refractivity contribution is 5.78. The minimum atomic E-state index is -0.217. The summed E-state index contributed by atoms with van der Waals surface area (Å²) in [4.78, 5) is 35.9. The second-order valence-corrected chi connectivity index (χ2v) is 10.0. The van der Waals surface area contributed by atoms with Crippen molar-refractivity contribution in [3.63, 3.8) is 0 Å². The number of likely N-dealkylation sites (tertiary alicyclic amines) is 1. The molecule has 1 aliphatic rings. The Hall–Kier alpha value is -4.33. The molecular weight excluding hydrogens is 478 g/mol. The van der Waals surface area contributed by atoms with Gasteiger partial charge >= 0.3 is 5.69 Å². The van der Waals surface area contributed by atoms with Crippen LogP contribution in [-0.4, -0.2) is 49.9 Å². The van der Waals surface area contributed by atoms with Gasteiger partial charge in [0, 0.05) is 49.4 Å². The van der Waals surface area contributed by atoms with E-state index in [1.54, 1.807) is 7.11 Å². The summed E-state index contributed by atoms with van der Waals surface area (Å²) in [7, 11) is 1.66. The number of methoxy groups -OCH3 is 1. The van der Waals surface area contributed by atoms with Crippen molar-refractivity contribution in [2.75, 3.05) is 20.2 Å². The van der Waals surface area contributed by atoms with Gasteiger partial charge in [0.15, 0.2) is 0 Å². The van der Waals surface area contributed by atoms with E-state index in [1.165, 1.54) is 0 Å². The number of carbonyl (C=O) groups excluding carboxylic acids is 1. The first-order valence-electron chi connectivity index (χ1n) is 13.1. The average Bonchev–Trinajstić information content (AvgIpc) is 3.51. The number of nitrogens with one attached hydrogen (secondary N) is 1. The first-order chi connectivity index (χ1) is 18.5. The maximum Gasteiger partial charge on any atom is 0.326 e. The Kier molecular flexibility index (Phi) is 6.23. The van der Waals surface area contributed by atoms with E-state index in [2.05, 4.69) is 20.4 Å². The summed E-state index contributed by atoms with van der Waals surface area (Å²) < 4.78 is 9.61. The van der Waals surface area contributed by atoms with Gasteiger partial charge in [0.1, 0.15) is 11.4 Å². The number of H-pyrrole nitrogens is 1. The van der Waals surface area contributed by atoms with Crippen LogP contribution in [0.5, 0.6) is 5.75 Å². The van der Waals surface area contributed by atoms with E-state index in [0.717, 1.165) is 52.1 Å². The van der Waals surface area contributed by atoms with Crippen molar-refractivity contribution in [3.8, 4) is 5.75 Å². The van der Waals surface area contributed by atoms with E-state index >= 15 is 0 Å². The van der Waals surface area contributed by atoms with Gasteiger partial charge in [-0.1, -0.05) is 30.3 Å². The smallest absolute Gasteiger partial charge is 0.326 e. The predicted molar refractivity (Wildman–Crippen MR) is 147 cm³/mol. The molecule has 8 nitrogen and oxygen atoms in total. The van der Waals surface area contributed by atoms with Gasteiger partial charge in [0.25, 0.3) is 0 Å². The number of aromatic nitrogens is 4. The van der Waals surface area contributed by atoms with Crippen molar-refractivity contribution in [3.05, 3.63) is 100 Å². The molecule has 194 valence electrons. The molecule has 1 aliphatic heterocycles. The third-order valence-electron chi connectivity index (χ3n) is 7.75. The molecule has 1 amide bonds. The Balaban J connectivity index is 1.26. The number of hydrogen-bond donors (Lipinski definition) is 1. The number of carbonyl (C=O) groups is 1. The fraction of sp³-hybridized carbons (Fsp3) is 0.300. The summed E-state index contributed by atoms with van der Waals surface area (Å²) in [6.07, 6.45) is 5.67. The number of pyridine rings is 1. The van der Waals surface area contributed by atoms with Crippen LogP contribution in [0.15, 0.2) is 77.9 Å². The van der Waals surface area contributed by atoms with Gasteiger partial charge in [-0.15, -0.1) is 0 Å². The second-order valence-electron chi connectivity index (χ2n) is 10.0. The largest absolute Gasteiger partial charge is 0.496 e. The quantitative estimate of drug-likeness (QED) is 0.360. The van der Waals surface area contributed by atoms with Gasteiger partial charge in [0.2, 0.25) is 5.91 Å². The number of para-hydroxylation sites is 3.